The summed E-state index contributed by atoms with van der Waals surface area (Å²) in [6, 6.07) is 8.84. The first-order valence-corrected chi connectivity index (χ1v) is 7.87. The minimum atomic E-state index is -1.97. The number of carbonyl (C=O) groups is 4. The number of esters is 2. The van der Waals surface area contributed by atoms with E-state index in [1.165, 1.54) is 0 Å². The monoisotopic (exact) mass is 366 g/mol. The molecule has 0 bridgehead atoms. The Balaban J connectivity index is 2.92. The Bertz CT molecular complexity index is 648. The number of amides is 2. The SMILES string of the molecule is CCOC(=O)[C@@](COC(C)=O)(CC(N)=O)NC(=O)OCc1ccccc1. The van der Waals surface area contributed by atoms with E-state index in [2.05, 4.69) is 5.32 Å². The van der Waals surface area contributed by atoms with Gasteiger partial charge in [-0.3, -0.25) is 9.59 Å². The van der Waals surface area contributed by atoms with Gasteiger partial charge in [0.2, 0.25) is 5.91 Å². The Hall–Kier alpha value is -3.10. The fraction of sp³-hybridized carbons (Fsp3) is 0.412. The largest absolute Gasteiger partial charge is 0.464 e. The summed E-state index contributed by atoms with van der Waals surface area (Å²) >= 11 is 0. The van der Waals surface area contributed by atoms with Gasteiger partial charge >= 0.3 is 18.0 Å². The first-order valence-electron chi connectivity index (χ1n) is 7.87. The molecule has 0 aliphatic rings. The van der Waals surface area contributed by atoms with Crippen molar-refractivity contribution in [1.29, 1.82) is 0 Å². The second kappa shape index (κ2) is 10.0. The van der Waals surface area contributed by atoms with Crippen molar-refractivity contribution in [3.05, 3.63) is 35.9 Å². The molecule has 0 radical (unpaired) electrons. The molecule has 0 aliphatic carbocycles. The highest BCUT2D eigenvalue weighted by atomic mass is 16.6. The second-order valence-corrected chi connectivity index (χ2v) is 5.41. The summed E-state index contributed by atoms with van der Waals surface area (Å²) < 4.78 is 14.8. The Labute approximate surface area is 150 Å². The highest BCUT2D eigenvalue weighted by Crippen LogP contribution is 2.15. The quantitative estimate of drug-likeness (QED) is 0.484. The van der Waals surface area contributed by atoms with Crippen molar-refractivity contribution in [2.75, 3.05) is 13.2 Å². The van der Waals surface area contributed by atoms with Crippen molar-refractivity contribution in [3.8, 4) is 0 Å². The molecular formula is C17H22N2O7. The summed E-state index contributed by atoms with van der Waals surface area (Å²) in [6.45, 7) is 1.97. The molecule has 0 saturated heterocycles. The number of rotatable bonds is 9. The summed E-state index contributed by atoms with van der Waals surface area (Å²) in [5, 5.41) is 2.26. The van der Waals surface area contributed by atoms with Gasteiger partial charge in [-0.25, -0.2) is 9.59 Å². The van der Waals surface area contributed by atoms with Crippen LogP contribution in [-0.4, -0.2) is 42.7 Å². The predicted octanol–water partition coefficient (Wildman–Crippen LogP) is 0.653. The fourth-order valence-electron chi connectivity index (χ4n) is 2.06. The number of carbonyl (C=O) groups excluding carboxylic acids is 4. The average molecular weight is 366 g/mol. The Morgan fingerprint density at radius 2 is 1.73 bits per heavy atom. The smallest absolute Gasteiger partial charge is 0.408 e. The molecule has 2 amide bonds. The molecule has 1 aromatic carbocycles. The second-order valence-electron chi connectivity index (χ2n) is 5.41. The summed E-state index contributed by atoms with van der Waals surface area (Å²) in [5.41, 5.74) is 3.93. The van der Waals surface area contributed by atoms with Crippen molar-refractivity contribution in [1.82, 2.24) is 5.32 Å². The number of nitrogens with two attached hydrogens (primary N) is 1. The van der Waals surface area contributed by atoms with Crippen LogP contribution < -0.4 is 11.1 Å². The van der Waals surface area contributed by atoms with Gasteiger partial charge in [-0.2, -0.15) is 0 Å². The maximum absolute atomic E-state index is 12.3. The summed E-state index contributed by atoms with van der Waals surface area (Å²) in [7, 11) is 0. The van der Waals surface area contributed by atoms with Crippen LogP contribution in [0.1, 0.15) is 25.8 Å². The van der Waals surface area contributed by atoms with Crippen molar-refractivity contribution in [2.45, 2.75) is 32.4 Å². The third-order valence-electron chi connectivity index (χ3n) is 3.22. The van der Waals surface area contributed by atoms with Gasteiger partial charge in [0.25, 0.3) is 0 Å². The van der Waals surface area contributed by atoms with Crippen LogP contribution in [-0.2, 0) is 35.2 Å². The lowest BCUT2D eigenvalue weighted by Crippen LogP contribution is -2.60. The Morgan fingerprint density at radius 3 is 2.27 bits per heavy atom. The minimum Gasteiger partial charge on any atom is -0.464 e. The molecule has 0 saturated carbocycles. The number of ether oxygens (including phenoxy) is 3. The van der Waals surface area contributed by atoms with Crippen molar-refractivity contribution in [2.24, 2.45) is 5.73 Å². The normalized spacial score (nSPS) is 12.4. The highest BCUT2D eigenvalue weighted by molar-refractivity contribution is 5.91. The lowest BCUT2D eigenvalue weighted by Gasteiger charge is -2.30. The van der Waals surface area contributed by atoms with E-state index in [9.17, 15) is 19.2 Å². The van der Waals surface area contributed by atoms with Gasteiger partial charge in [0, 0.05) is 6.92 Å². The van der Waals surface area contributed by atoms with E-state index in [0.29, 0.717) is 0 Å². The highest BCUT2D eigenvalue weighted by Gasteiger charge is 2.45. The standard InChI is InChI=1S/C17H22N2O7/c1-3-24-15(22)17(9-14(18)21,11-26-12(2)20)19-16(23)25-10-13-7-5-4-6-8-13/h4-8H,3,9-11H2,1-2H3,(H2,18,21)(H,19,23)/t17-/m0/s1. The number of alkyl carbamates (subject to hydrolysis) is 1. The Morgan fingerprint density at radius 1 is 1.08 bits per heavy atom. The maximum Gasteiger partial charge on any atom is 0.408 e. The first-order chi connectivity index (χ1) is 12.3. The number of hydrogen-bond donors (Lipinski definition) is 2. The van der Waals surface area contributed by atoms with E-state index in [-0.39, 0.29) is 13.2 Å². The lowest BCUT2D eigenvalue weighted by molar-refractivity contribution is -0.159. The van der Waals surface area contributed by atoms with Crippen molar-refractivity contribution in [3.63, 3.8) is 0 Å². The average Bonchev–Trinajstić information content (AvgIpc) is 2.58. The van der Waals surface area contributed by atoms with Crippen molar-refractivity contribution < 1.29 is 33.4 Å². The van der Waals surface area contributed by atoms with Crippen LogP contribution in [0.25, 0.3) is 0 Å². The number of primary amides is 1. The lowest BCUT2D eigenvalue weighted by atomic mass is 9.96. The molecule has 26 heavy (non-hydrogen) atoms. The molecule has 3 N–H and O–H groups in total. The van der Waals surface area contributed by atoms with Gasteiger partial charge < -0.3 is 25.3 Å². The van der Waals surface area contributed by atoms with Crippen LogP contribution in [0.15, 0.2) is 30.3 Å². The molecule has 9 heteroatoms. The van der Waals surface area contributed by atoms with E-state index in [1.54, 1.807) is 37.3 Å². The van der Waals surface area contributed by atoms with Crippen LogP contribution in [0.2, 0.25) is 0 Å². The molecular weight excluding hydrogens is 344 g/mol. The minimum absolute atomic E-state index is 0.0137. The van der Waals surface area contributed by atoms with Gasteiger partial charge in [0.15, 0.2) is 5.54 Å². The molecule has 1 aromatic rings. The van der Waals surface area contributed by atoms with Crippen LogP contribution in [0, 0.1) is 0 Å². The fourth-order valence-corrected chi connectivity index (χ4v) is 2.06. The van der Waals surface area contributed by atoms with E-state index in [1.807, 2.05) is 0 Å². The van der Waals surface area contributed by atoms with Crippen LogP contribution in [0.4, 0.5) is 4.79 Å². The summed E-state index contributed by atoms with van der Waals surface area (Å²) in [4.78, 5) is 47.0. The molecule has 0 spiro atoms. The van der Waals surface area contributed by atoms with Gasteiger partial charge in [0.05, 0.1) is 13.0 Å². The first kappa shape index (κ1) is 20.9. The van der Waals surface area contributed by atoms with E-state index in [4.69, 9.17) is 19.9 Å². The zero-order valence-electron chi connectivity index (χ0n) is 14.7. The predicted molar refractivity (Wildman–Crippen MR) is 89.6 cm³/mol. The molecule has 0 aliphatic heterocycles. The third-order valence-corrected chi connectivity index (χ3v) is 3.22. The molecule has 1 atom stereocenters. The molecule has 0 aromatic heterocycles. The molecule has 9 nitrogen and oxygen atoms in total. The van der Waals surface area contributed by atoms with E-state index >= 15 is 0 Å². The third kappa shape index (κ3) is 6.80. The Kier molecular flexibility index (Phi) is 8.07. The topological polar surface area (TPSA) is 134 Å². The summed E-state index contributed by atoms with van der Waals surface area (Å²) in [6.07, 6.45) is -1.62. The van der Waals surface area contributed by atoms with Crippen molar-refractivity contribution >= 4 is 23.9 Å². The van der Waals surface area contributed by atoms with Crippen LogP contribution in [0.5, 0.6) is 0 Å². The molecule has 1 rings (SSSR count). The van der Waals surface area contributed by atoms with Crippen LogP contribution in [0.3, 0.4) is 0 Å². The number of nitrogens with one attached hydrogen (secondary N) is 1. The number of hydrogen-bond acceptors (Lipinski definition) is 7. The van der Waals surface area contributed by atoms with Crippen LogP contribution >= 0.6 is 0 Å². The summed E-state index contributed by atoms with van der Waals surface area (Å²) in [5.74, 6) is -2.56. The molecule has 0 heterocycles. The molecule has 0 unspecified atom stereocenters. The molecule has 0 fully saturated rings. The number of benzene rings is 1. The zero-order chi connectivity index (χ0) is 19.6. The van der Waals surface area contributed by atoms with E-state index in [0.717, 1.165) is 12.5 Å². The van der Waals surface area contributed by atoms with Gasteiger partial charge in [0.1, 0.15) is 13.2 Å². The zero-order valence-corrected chi connectivity index (χ0v) is 14.7. The molecule has 142 valence electrons. The van der Waals surface area contributed by atoms with E-state index < -0.39 is 42.5 Å². The maximum atomic E-state index is 12.3. The van der Waals surface area contributed by atoms with Gasteiger partial charge in [-0.05, 0) is 12.5 Å². The van der Waals surface area contributed by atoms with Gasteiger partial charge in [-0.1, -0.05) is 30.3 Å². The van der Waals surface area contributed by atoms with Gasteiger partial charge in [-0.15, -0.1) is 0 Å².